The number of pyridine rings is 1. The van der Waals surface area contributed by atoms with Crippen molar-refractivity contribution in [2.45, 2.75) is 19.6 Å². The smallest absolute Gasteiger partial charge is 0.128 e. The molecule has 0 aromatic carbocycles. The minimum atomic E-state index is -0.941. The predicted octanol–water partition coefficient (Wildman–Crippen LogP) is 1.60. The topological polar surface area (TPSA) is 48.4 Å². The average Bonchev–Trinajstić information content (AvgIpc) is 2.31. The Balaban J connectivity index is 2.81. The van der Waals surface area contributed by atoms with Gasteiger partial charge in [-0.3, -0.25) is 9.19 Å². The van der Waals surface area contributed by atoms with Gasteiger partial charge in [-0.25, -0.2) is 0 Å². The number of aromatic nitrogens is 1. The maximum Gasteiger partial charge on any atom is 0.128 e. The molecule has 0 aliphatic heterocycles. The van der Waals surface area contributed by atoms with Crippen LogP contribution in [0, 0.1) is 13.8 Å². The second-order valence-electron chi connectivity index (χ2n) is 3.83. The van der Waals surface area contributed by atoms with Crippen LogP contribution >= 0.6 is 0 Å². The molecule has 5 heteroatoms. The van der Waals surface area contributed by atoms with E-state index in [2.05, 4.69) is 4.98 Å². The number of methoxy groups -OCH3 is 2. The summed E-state index contributed by atoms with van der Waals surface area (Å²) in [4.78, 5) is 4.32. The van der Waals surface area contributed by atoms with Gasteiger partial charge in [0.15, 0.2) is 0 Å². The van der Waals surface area contributed by atoms with E-state index in [1.807, 2.05) is 13.8 Å². The summed E-state index contributed by atoms with van der Waals surface area (Å²) in [6.07, 6.45) is 1.76. The molecule has 1 rings (SSSR count). The Hall–Kier alpha value is -0.940. The first kappa shape index (κ1) is 14.1. The Kier molecular flexibility index (Phi) is 5.58. The molecule has 0 saturated carbocycles. The van der Waals surface area contributed by atoms with Gasteiger partial charge < -0.3 is 9.47 Å². The van der Waals surface area contributed by atoms with Crippen LogP contribution in [0.4, 0.5) is 0 Å². The van der Waals surface area contributed by atoms with E-state index in [1.54, 1.807) is 20.4 Å². The van der Waals surface area contributed by atoms with E-state index in [0.717, 1.165) is 22.6 Å². The maximum atomic E-state index is 11.8. The third-order valence-electron chi connectivity index (χ3n) is 2.56. The van der Waals surface area contributed by atoms with Crippen LogP contribution in [0.3, 0.4) is 0 Å². The van der Waals surface area contributed by atoms with E-state index < -0.39 is 10.8 Å². The van der Waals surface area contributed by atoms with Gasteiger partial charge in [-0.1, -0.05) is 0 Å². The summed E-state index contributed by atoms with van der Waals surface area (Å²) in [5.74, 6) is 1.82. The van der Waals surface area contributed by atoms with Crippen LogP contribution in [-0.2, 0) is 21.3 Å². The lowest BCUT2D eigenvalue weighted by Gasteiger charge is -2.11. The van der Waals surface area contributed by atoms with E-state index in [4.69, 9.17) is 9.47 Å². The normalized spacial score (nSPS) is 12.5. The standard InChI is InChI=1S/C12H19NO3S/c1-9-7-13-11(10(2)12(9)16-4)8-17(14)6-5-15-3/h7H,5-6,8H2,1-4H3/t17-/m1/s1. The van der Waals surface area contributed by atoms with Crippen LogP contribution in [0.15, 0.2) is 6.20 Å². The first-order valence-electron chi connectivity index (χ1n) is 5.43. The highest BCUT2D eigenvalue weighted by molar-refractivity contribution is 7.84. The van der Waals surface area contributed by atoms with E-state index in [9.17, 15) is 4.21 Å². The van der Waals surface area contributed by atoms with Crippen LogP contribution < -0.4 is 4.74 Å². The van der Waals surface area contributed by atoms with Crippen LogP contribution in [0.1, 0.15) is 16.8 Å². The molecule has 1 aromatic heterocycles. The molecule has 17 heavy (non-hydrogen) atoms. The molecular weight excluding hydrogens is 238 g/mol. The summed E-state index contributed by atoms with van der Waals surface area (Å²) in [7, 11) is 2.31. The molecule has 0 amide bonds. The van der Waals surface area contributed by atoms with Crippen molar-refractivity contribution < 1.29 is 13.7 Å². The number of ether oxygens (including phenoxy) is 2. The third kappa shape index (κ3) is 3.78. The van der Waals surface area contributed by atoms with Gasteiger partial charge in [0.1, 0.15) is 5.75 Å². The zero-order chi connectivity index (χ0) is 12.8. The summed E-state index contributed by atoms with van der Waals surface area (Å²) in [5.41, 5.74) is 2.80. The molecule has 0 N–H and O–H groups in total. The SMILES string of the molecule is COCC[S@@](=O)Cc1ncc(C)c(OC)c1C. The fraction of sp³-hybridized carbons (Fsp3) is 0.583. The van der Waals surface area contributed by atoms with E-state index >= 15 is 0 Å². The predicted molar refractivity (Wildman–Crippen MR) is 68.9 cm³/mol. The van der Waals surface area contributed by atoms with Gasteiger partial charge in [0, 0.05) is 41.0 Å². The zero-order valence-corrected chi connectivity index (χ0v) is 11.6. The Morgan fingerprint density at radius 2 is 2.06 bits per heavy atom. The molecule has 4 nitrogen and oxygen atoms in total. The van der Waals surface area contributed by atoms with Crippen molar-refractivity contribution in [3.63, 3.8) is 0 Å². The number of rotatable bonds is 6. The van der Waals surface area contributed by atoms with Gasteiger partial charge in [-0.15, -0.1) is 0 Å². The molecule has 96 valence electrons. The number of aryl methyl sites for hydroxylation is 1. The van der Waals surface area contributed by atoms with Crippen molar-refractivity contribution >= 4 is 10.8 Å². The summed E-state index contributed by atoms with van der Waals surface area (Å²) in [5, 5.41) is 0. The van der Waals surface area contributed by atoms with Crippen molar-refractivity contribution in [3.8, 4) is 5.75 Å². The van der Waals surface area contributed by atoms with E-state index in [0.29, 0.717) is 18.1 Å². The van der Waals surface area contributed by atoms with Gasteiger partial charge >= 0.3 is 0 Å². The third-order valence-corrected chi connectivity index (χ3v) is 3.78. The highest BCUT2D eigenvalue weighted by Gasteiger charge is 2.11. The molecule has 0 radical (unpaired) electrons. The molecule has 1 aromatic rings. The highest BCUT2D eigenvalue weighted by atomic mass is 32.2. The van der Waals surface area contributed by atoms with Crippen molar-refractivity contribution in [2.24, 2.45) is 0 Å². The van der Waals surface area contributed by atoms with E-state index in [-0.39, 0.29) is 0 Å². The Bertz CT molecular complexity index is 407. The number of hydrogen-bond donors (Lipinski definition) is 0. The molecule has 0 bridgehead atoms. The molecule has 1 heterocycles. The molecule has 0 spiro atoms. The quantitative estimate of drug-likeness (QED) is 0.776. The monoisotopic (exact) mass is 257 g/mol. The zero-order valence-electron chi connectivity index (χ0n) is 10.8. The van der Waals surface area contributed by atoms with Crippen molar-refractivity contribution in [3.05, 3.63) is 23.0 Å². The van der Waals surface area contributed by atoms with Crippen LogP contribution in [0.2, 0.25) is 0 Å². The summed E-state index contributed by atoms with van der Waals surface area (Å²) in [6, 6.07) is 0. The molecule has 0 unspecified atom stereocenters. The van der Waals surface area contributed by atoms with Crippen molar-refractivity contribution in [2.75, 3.05) is 26.6 Å². The van der Waals surface area contributed by atoms with Crippen molar-refractivity contribution in [1.29, 1.82) is 0 Å². The lowest BCUT2D eigenvalue weighted by atomic mass is 10.1. The Morgan fingerprint density at radius 3 is 2.65 bits per heavy atom. The summed E-state index contributed by atoms with van der Waals surface area (Å²) < 4.78 is 22.0. The number of nitrogens with zero attached hydrogens (tertiary/aromatic N) is 1. The fourth-order valence-corrected chi connectivity index (χ4v) is 2.71. The molecule has 0 fully saturated rings. The molecule has 1 atom stereocenters. The van der Waals surface area contributed by atoms with Crippen LogP contribution in [0.25, 0.3) is 0 Å². The van der Waals surface area contributed by atoms with Crippen LogP contribution in [-0.4, -0.2) is 35.8 Å². The largest absolute Gasteiger partial charge is 0.496 e. The Morgan fingerprint density at radius 1 is 1.35 bits per heavy atom. The molecule has 0 saturated heterocycles. The molecular formula is C12H19NO3S. The van der Waals surface area contributed by atoms with Crippen molar-refractivity contribution in [1.82, 2.24) is 4.98 Å². The van der Waals surface area contributed by atoms with Gasteiger partial charge in [0.05, 0.1) is 25.2 Å². The minimum Gasteiger partial charge on any atom is -0.496 e. The lowest BCUT2D eigenvalue weighted by molar-refractivity contribution is 0.218. The van der Waals surface area contributed by atoms with E-state index in [1.165, 1.54) is 0 Å². The minimum absolute atomic E-state index is 0.450. The average molecular weight is 257 g/mol. The second-order valence-corrected chi connectivity index (χ2v) is 5.40. The second kappa shape index (κ2) is 6.71. The lowest BCUT2D eigenvalue weighted by Crippen LogP contribution is -2.09. The maximum absolute atomic E-state index is 11.8. The highest BCUT2D eigenvalue weighted by Crippen LogP contribution is 2.24. The Labute approximate surface area is 105 Å². The van der Waals surface area contributed by atoms with Gasteiger partial charge in [-0.2, -0.15) is 0 Å². The molecule has 0 aliphatic carbocycles. The number of hydrogen-bond acceptors (Lipinski definition) is 4. The van der Waals surface area contributed by atoms with Gasteiger partial charge in [-0.05, 0) is 13.8 Å². The summed E-state index contributed by atoms with van der Waals surface area (Å²) >= 11 is 0. The van der Waals surface area contributed by atoms with Gasteiger partial charge in [0.2, 0.25) is 0 Å². The first-order valence-corrected chi connectivity index (χ1v) is 6.92. The summed E-state index contributed by atoms with van der Waals surface area (Å²) in [6.45, 7) is 4.40. The van der Waals surface area contributed by atoms with Crippen LogP contribution in [0.5, 0.6) is 5.75 Å². The first-order chi connectivity index (χ1) is 8.10. The molecule has 0 aliphatic rings. The fourth-order valence-electron chi connectivity index (χ4n) is 1.62. The van der Waals surface area contributed by atoms with Gasteiger partial charge in [0.25, 0.3) is 0 Å².